The largest absolute Gasteiger partial charge is 0.134 e. The first-order chi connectivity index (χ1) is 6.41. The quantitative estimate of drug-likeness (QED) is 0.472. The average molecular weight is 200 g/mol. The Morgan fingerprint density at radius 2 is 1.62 bits per heavy atom. The van der Waals surface area contributed by atoms with Crippen LogP contribution in [-0.4, -0.2) is 5.75 Å². The molecule has 0 aromatic rings. The van der Waals surface area contributed by atoms with Crippen LogP contribution in [-0.2, 0) is 0 Å². The van der Waals surface area contributed by atoms with E-state index in [0.717, 1.165) is 0 Å². The molecule has 0 nitrogen and oxygen atoms in total. The van der Waals surface area contributed by atoms with Gasteiger partial charge in [0.2, 0.25) is 0 Å². The van der Waals surface area contributed by atoms with E-state index in [4.69, 9.17) is 0 Å². The van der Waals surface area contributed by atoms with E-state index in [1.807, 2.05) is 11.8 Å². The Labute approximate surface area is 88.2 Å². The molecule has 0 fully saturated rings. The number of hydrogen-bond acceptors (Lipinski definition) is 1. The molecular weight excluding hydrogens is 176 g/mol. The highest BCUT2D eigenvalue weighted by atomic mass is 32.2. The first kappa shape index (κ1) is 13.1. The van der Waals surface area contributed by atoms with Crippen LogP contribution < -0.4 is 0 Å². The Bertz CT molecular complexity index is 108. The van der Waals surface area contributed by atoms with E-state index in [2.05, 4.69) is 25.3 Å². The van der Waals surface area contributed by atoms with E-state index in [-0.39, 0.29) is 0 Å². The van der Waals surface area contributed by atoms with Crippen LogP contribution in [0.15, 0.2) is 11.5 Å². The van der Waals surface area contributed by atoms with Crippen molar-refractivity contribution >= 4 is 11.8 Å². The monoisotopic (exact) mass is 200 g/mol. The summed E-state index contributed by atoms with van der Waals surface area (Å²) in [5, 5.41) is 2.24. The van der Waals surface area contributed by atoms with Crippen molar-refractivity contribution in [1.82, 2.24) is 0 Å². The van der Waals surface area contributed by atoms with Gasteiger partial charge in [0.1, 0.15) is 0 Å². The third kappa shape index (κ3) is 12.1. The summed E-state index contributed by atoms with van der Waals surface area (Å²) in [4.78, 5) is 0. The highest BCUT2D eigenvalue weighted by Crippen LogP contribution is 2.10. The molecule has 78 valence electrons. The lowest BCUT2D eigenvalue weighted by Crippen LogP contribution is -1.80. The summed E-state index contributed by atoms with van der Waals surface area (Å²) in [5.41, 5.74) is 0. The molecule has 13 heavy (non-hydrogen) atoms. The van der Waals surface area contributed by atoms with Crippen LogP contribution in [0.1, 0.15) is 58.8 Å². The zero-order chi connectivity index (χ0) is 9.78. The second-order valence-corrected chi connectivity index (χ2v) is 4.43. The van der Waals surface area contributed by atoms with Crippen molar-refractivity contribution in [3.05, 3.63) is 11.5 Å². The molecule has 0 radical (unpaired) electrons. The lowest BCUT2D eigenvalue weighted by Gasteiger charge is -1.98. The van der Waals surface area contributed by atoms with Gasteiger partial charge in [0.25, 0.3) is 0 Å². The first-order valence-electron chi connectivity index (χ1n) is 5.68. The van der Waals surface area contributed by atoms with Gasteiger partial charge in [0.15, 0.2) is 0 Å². The van der Waals surface area contributed by atoms with E-state index >= 15 is 0 Å². The molecule has 0 aliphatic carbocycles. The summed E-state index contributed by atoms with van der Waals surface area (Å²) in [6.45, 7) is 4.45. The standard InChI is InChI=1S/C12H24S/c1-3-5-7-8-9-10-12-13-11-6-4-2/h6,11H,3-5,7-10,12H2,1-2H3/b11-6+. The van der Waals surface area contributed by atoms with Crippen molar-refractivity contribution in [2.24, 2.45) is 0 Å². The van der Waals surface area contributed by atoms with Crippen molar-refractivity contribution in [3.63, 3.8) is 0 Å². The summed E-state index contributed by atoms with van der Waals surface area (Å²) in [6.07, 6.45) is 11.9. The molecule has 0 atom stereocenters. The van der Waals surface area contributed by atoms with Gasteiger partial charge in [-0.1, -0.05) is 52.0 Å². The number of rotatable bonds is 9. The second-order valence-electron chi connectivity index (χ2n) is 3.42. The third-order valence-corrected chi connectivity index (χ3v) is 2.95. The van der Waals surface area contributed by atoms with Crippen LogP contribution in [0.3, 0.4) is 0 Å². The zero-order valence-corrected chi connectivity index (χ0v) is 10.0. The smallest absolute Gasteiger partial charge is 0.00261 e. The van der Waals surface area contributed by atoms with E-state index in [1.165, 1.54) is 50.7 Å². The van der Waals surface area contributed by atoms with Crippen LogP contribution in [0.25, 0.3) is 0 Å². The average Bonchev–Trinajstić information content (AvgIpc) is 2.16. The fraction of sp³-hybridized carbons (Fsp3) is 0.833. The maximum atomic E-state index is 2.27. The molecule has 0 spiro atoms. The van der Waals surface area contributed by atoms with Crippen LogP contribution in [0, 0.1) is 0 Å². The highest BCUT2D eigenvalue weighted by molar-refractivity contribution is 8.02. The Morgan fingerprint density at radius 3 is 2.31 bits per heavy atom. The van der Waals surface area contributed by atoms with Gasteiger partial charge in [0, 0.05) is 0 Å². The molecule has 0 amide bonds. The first-order valence-corrected chi connectivity index (χ1v) is 6.73. The SMILES string of the molecule is CC/C=C/SCCCCCCCC. The van der Waals surface area contributed by atoms with Crippen molar-refractivity contribution in [2.75, 3.05) is 5.75 Å². The summed E-state index contributed by atoms with van der Waals surface area (Å²) in [5.74, 6) is 1.31. The van der Waals surface area contributed by atoms with E-state index in [1.54, 1.807) is 0 Å². The highest BCUT2D eigenvalue weighted by Gasteiger charge is 1.88. The number of allylic oxidation sites excluding steroid dienone is 1. The Morgan fingerprint density at radius 1 is 0.923 bits per heavy atom. The van der Waals surface area contributed by atoms with Gasteiger partial charge in [-0.25, -0.2) is 0 Å². The minimum Gasteiger partial charge on any atom is -0.134 e. The summed E-state index contributed by atoms with van der Waals surface area (Å²) in [7, 11) is 0. The summed E-state index contributed by atoms with van der Waals surface area (Å²) >= 11 is 1.96. The Kier molecular flexibility index (Phi) is 12.2. The van der Waals surface area contributed by atoms with Crippen molar-refractivity contribution < 1.29 is 0 Å². The predicted octanol–water partition coefficient (Wildman–Crippen LogP) is 5.00. The minimum absolute atomic E-state index is 1.17. The maximum absolute atomic E-state index is 2.27. The lowest BCUT2D eigenvalue weighted by atomic mass is 10.1. The molecule has 0 aromatic heterocycles. The van der Waals surface area contributed by atoms with Gasteiger partial charge in [0.05, 0.1) is 0 Å². The number of unbranched alkanes of at least 4 members (excludes halogenated alkanes) is 5. The third-order valence-electron chi connectivity index (χ3n) is 2.04. The van der Waals surface area contributed by atoms with Gasteiger partial charge in [-0.05, 0) is 24.0 Å². The molecular formula is C12H24S. The van der Waals surface area contributed by atoms with E-state index in [0.29, 0.717) is 0 Å². The molecule has 1 heteroatoms. The van der Waals surface area contributed by atoms with Crippen LogP contribution in [0.2, 0.25) is 0 Å². The van der Waals surface area contributed by atoms with Crippen LogP contribution in [0.5, 0.6) is 0 Å². The van der Waals surface area contributed by atoms with Gasteiger partial charge in [-0.2, -0.15) is 0 Å². The van der Waals surface area contributed by atoms with Gasteiger partial charge < -0.3 is 0 Å². The fourth-order valence-corrected chi connectivity index (χ4v) is 2.03. The molecule has 0 N–H and O–H groups in total. The van der Waals surface area contributed by atoms with E-state index < -0.39 is 0 Å². The predicted molar refractivity (Wildman–Crippen MR) is 65.3 cm³/mol. The normalized spacial score (nSPS) is 11.2. The fourth-order valence-electron chi connectivity index (χ4n) is 1.20. The summed E-state index contributed by atoms with van der Waals surface area (Å²) < 4.78 is 0. The van der Waals surface area contributed by atoms with Crippen LogP contribution in [0.4, 0.5) is 0 Å². The molecule has 0 aliphatic heterocycles. The van der Waals surface area contributed by atoms with E-state index in [9.17, 15) is 0 Å². The van der Waals surface area contributed by atoms with Crippen molar-refractivity contribution in [2.45, 2.75) is 58.8 Å². The topological polar surface area (TPSA) is 0 Å². The molecule has 0 bridgehead atoms. The van der Waals surface area contributed by atoms with Crippen molar-refractivity contribution in [3.8, 4) is 0 Å². The van der Waals surface area contributed by atoms with Crippen LogP contribution >= 0.6 is 11.8 Å². The molecule has 0 heterocycles. The molecule has 0 aromatic carbocycles. The molecule has 0 rings (SSSR count). The summed E-state index contributed by atoms with van der Waals surface area (Å²) in [6, 6.07) is 0. The maximum Gasteiger partial charge on any atom is -0.00261 e. The zero-order valence-electron chi connectivity index (χ0n) is 9.22. The Balaban J connectivity index is 2.87. The molecule has 0 unspecified atom stereocenters. The van der Waals surface area contributed by atoms with Gasteiger partial charge >= 0.3 is 0 Å². The number of hydrogen-bond donors (Lipinski definition) is 0. The Hall–Kier alpha value is 0.0900. The molecule has 0 saturated carbocycles. The van der Waals surface area contributed by atoms with Gasteiger partial charge in [-0.3, -0.25) is 0 Å². The molecule has 0 aliphatic rings. The van der Waals surface area contributed by atoms with Crippen molar-refractivity contribution in [1.29, 1.82) is 0 Å². The minimum atomic E-state index is 1.17. The lowest BCUT2D eigenvalue weighted by molar-refractivity contribution is 0.627. The molecule has 0 saturated heterocycles. The second kappa shape index (κ2) is 12.1. The van der Waals surface area contributed by atoms with Gasteiger partial charge in [-0.15, -0.1) is 11.8 Å². The number of thioether (sulfide) groups is 1.